The SMILES string of the molecule is O=C(c1ncc(Nc2ccc(F)c(Cl)c2)c2c1C1CCC2C1)N1CCO[C@@H](CO)C1. The molecule has 2 aromatic rings. The number of aromatic nitrogens is 1. The summed E-state index contributed by atoms with van der Waals surface area (Å²) in [6.45, 7) is 1.17. The molecule has 1 saturated carbocycles. The maximum atomic E-state index is 13.5. The van der Waals surface area contributed by atoms with Crippen LogP contribution in [0.1, 0.15) is 52.7 Å². The van der Waals surface area contributed by atoms with Gasteiger partial charge in [-0.3, -0.25) is 4.79 Å². The van der Waals surface area contributed by atoms with Crippen molar-refractivity contribution >= 4 is 28.9 Å². The van der Waals surface area contributed by atoms with Crippen LogP contribution < -0.4 is 5.32 Å². The van der Waals surface area contributed by atoms with Crippen LogP contribution in [0.2, 0.25) is 5.02 Å². The second-order valence-electron chi connectivity index (χ2n) is 8.24. The minimum atomic E-state index is -0.461. The van der Waals surface area contributed by atoms with E-state index in [0.717, 1.165) is 36.1 Å². The Morgan fingerprint density at radius 2 is 2.13 bits per heavy atom. The van der Waals surface area contributed by atoms with E-state index in [1.165, 1.54) is 6.07 Å². The van der Waals surface area contributed by atoms with Gasteiger partial charge in [-0.2, -0.15) is 0 Å². The lowest BCUT2D eigenvalue weighted by Gasteiger charge is -2.33. The number of benzene rings is 1. The quantitative estimate of drug-likeness (QED) is 0.769. The molecular weight excluding hydrogens is 409 g/mol. The van der Waals surface area contributed by atoms with Gasteiger partial charge in [0.05, 0.1) is 36.2 Å². The molecule has 1 aromatic carbocycles. The number of nitrogens with zero attached hydrogens (tertiary/aromatic N) is 2. The molecule has 1 aliphatic heterocycles. The third kappa shape index (κ3) is 3.35. The normalized spacial score (nSPS) is 24.8. The number of hydrogen-bond acceptors (Lipinski definition) is 5. The van der Waals surface area contributed by atoms with Crippen molar-refractivity contribution in [1.29, 1.82) is 0 Å². The van der Waals surface area contributed by atoms with Gasteiger partial charge in [-0.05, 0) is 60.4 Å². The first-order valence-electron chi connectivity index (χ1n) is 10.3. The molecule has 3 aliphatic rings. The van der Waals surface area contributed by atoms with Crippen molar-refractivity contribution in [3.8, 4) is 0 Å². The average molecular weight is 432 g/mol. The molecular formula is C22H23ClFN3O3. The number of anilines is 2. The van der Waals surface area contributed by atoms with E-state index < -0.39 is 5.82 Å². The van der Waals surface area contributed by atoms with Gasteiger partial charge in [0.25, 0.3) is 5.91 Å². The molecule has 3 atom stereocenters. The molecule has 2 N–H and O–H groups in total. The summed E-state index contributed by atoms with van der Waals surface area (Å²) < 4.78 is 19.0. The average Bonchev–Trinajstić information content (AvgIpc) is 3.39. The molecule has 1 amide bonds. The summed E-state index contributed by atoms with van der Waals surface area (Å²) in [6.07, 6.45) is 4.54. The van der Waals surface area contributed by atoms with Crippen LogP contribution in [0.3, 0.4) is 0 Å². The van der Waals surface area contributed by atoms with E-state index in [1.807, 2.05) is 0 Å². The van der Waals surface area contributed by atoms with Crippen LogP contribution in [0.25, 0.3) is 0 Å². The first kappa shape index (κ1) is 19.7. The highest BCUT2D eigenvalue weighted by atomic mass is 35.5. The van der Waals surface area contributed by atoms with Crippen molar-refractivity contribution in [3.05, 3.63) is 52.1 Å². The fourth-order valence-corrected chi connectivity index (χ4v) is 5.24. The van der Waals surface area contributed by atoms with Gasteiger partial charge in [0.2, 0.25) is 0 Å². The molecule has 0 radical (unpaired) electrons. The molecule has 6 nitrogen and oxygen atoms in total. The van der Waals surface area contributed by atoms with Crippen molar-refractivity contribution in [2.45, 2.75) is 37.2 Å². The zero-order valence-corrected chi connectivity index (χ0v) is 17.2. The highest BCUT2D eigenvalue weighted by Gasteiger charge is 2.42. The summed E-state index contributed by atoms with van der Waals surface area (Å²) in [6, 6.07) is 4.53. The first-order chi connectivity index (χ1) is 14.5. The van der Waals surface area contributed by atoms with Gasteiger partial charge in [0.1, 0.15) is 11.5 Å². The number of ether oxygens (including phenoxy) is 1. The van der Waals surface area contributed by atoms with Gasteiger partial charge in [0.15, 0.2) is 0 Å². The van der Waals surface area contributed by atoms with Crippen molar-refractivity contribution in [1.82, 2.24) is 9.88 Å². The van der Waals surface area contributed by atoms with Gasteiger partial charge in [-0.15, -0.1) is 0 Å². The van der Waals surface area contributed by atoms with Crippen LogP contribution in [-0.2, 0) is 4.74 Å². The number of fused-ring (bicyclic) bond motifs is 5. The molecule has 2 unspecified atom stereocenters. The number of aliphatic hydroxyl groups is 1. The Morgan fingerprint density at radius 1 is 1.33 bits per heavy atom. The van der Waals surface area contributed by atoms with Crippen molar-refractivity contribution in [3.63, 3.8) is 0 Å². The molecule has 158 valence electrons. The van der Waals surface area contributed by atoms with E-state index in [1.54, 1.807) is 23.2 Å². The van der Waals surface area contributed by atoms with Crippen LogP contribution >= 0.6 is 11.6 Å². The van der Waals surface area contributed by atoms with E-state index in [9.17, 15) is 14.3 Å². The molecule has 2 fully saturated rings. The molecule has 0 spiro atoms. The van der Waals surface area contributed by atoms with E-state index >= 15 is 0 Å². The van der Waals surface area contributed by atoms with Crippen LogP contribution in [0.5, 0.6) is 0 Å². The van der Waals surface area contributed by atoms with Gasteiger partial charge in [-0.25, -0.2) is 9.37 Å². The topological polar surface area (TPSA) is 74.7 Å². The number of morpholine rings is 1. The van der Waals surface area contributed by atoms with Crippen LogP contribution in [0.4, 0.5) is 15.8 Å². The van der Waals surface area contributed by atoms with Crippen molar-refractivity contribution in [2.24, 2.45) is 0 Å². The van der Waals surface area contributed by atoms with Gasteiger partial charge in [-0.1, -0.05) is 11.6 Å². The summed E-state index contributed by atoms with van der Waals surface area (Å²) >= 11 is 5.93. The van der Waals surface area contributed by atoms with E-state index in [2.05, 4.69) is 10.3 Å². The lowest BCUT2D eigenvalue weighted by Crippen LogP contribution is -2.47. The first-order valence-corrected chi connectivity index (χ1v) is 10.7. The molecule has 2 aliphatic carbocycles. The second-order valence-corrected chi connectivity index (χ2v) is 8.64. The Balaban J connectivity index is 1.49. The van der Waals surface area contributed by atoms with Gasteiger partial charge >= 0.3 is 0 Å². The number of hydrogen-bond donors (Lipinski definition) is 2. The maximum Gasteiger partial charge on any atom is 0.272 e. The Kier molecular flexibility index (Phi) is 5.13. The number of pyridine rings is 1. The van der Waals surface area contributed by atoms with E-state index in [4.69, 9.17) is 16.3 Å². The Bertz CT molecular complexity index is 1000. The number of carbonyl (C=O) groups is 1. The third-order valence-electron chi connectivity index (χ3n) is 6.44. The predicted molar refractivity (Wildman–Crippen MR) is 111 cm³/mol. The zero-order chi connectivity index (χ0) is 20.8. The number of rotatable bonds is 4. The monoisotopic (exact) mass is 431 g/mol. The highest BCUT2D eigenvalue weighted by Crippen LogP contribution is 2.56. The summed E-state index contributed by atoms with van der Waals surface area (Å²) in [7, 11) is 0. The largest absolute Gasteiger partial charge is 0.394 e. The predicted octanol–water partition coefficient (Wildman–Crippen LogP) is 3.82. The summed E-state index contributed by atoms with van der Waals surface area (Å²) in [5.41, 5.74) is 4.25. The molecule has 1 saturated heterocycles. The number of halogens is 2. The van der Waals surface area contributed by atoms with Crippen molar-refractivity contribution < 1.29 is 19.0 Å². The fraction of sp³-hybridized carbons (Fsp3) is 0.455. The standard InChI is InChI=1S/C22H23ClFN3O3/c23-16-8-14(3-4-17(16)24)26-18-9-25-21(20-13-2-1-12(7-13)19(18)20)22(29)27-5-6-30-15(10-27)11-28/h3-4,8-9,12-13,15,26,28H,1-2,5-7,10-11H2/t12?,13?,15-/m1/s1. The number of nitrogens with one attached hydrogen (secondary N) is 1. The molecule has 5 rings (SSSR count). The second kappa shape index (κ2) is 7.80. The molecule has 2 bridgehead atoms. The molecule has 2 heterocycles. The number of aliphatic hydroxyl groups excluding tert-OH is 1. The zero-order valence-electron chi connectivity index (χ0n) is 16.4. The van der Waals surface area contributed by atoms with Crippen LogP contribution in [-0.4, -0.2) is 53.3 Å². The summed E-state index contributed by atoms with van der Waals surface area (Å²) in [4.78, 5) is 19.6. The maximum absolute atomic E-state index is 13.5. The van der Waals surface area contributed by atoms with Gasteiger partial charge in [0, 0.05) is 18.8 Å². The fourth-order valence-electron chi connectivity index (χ4n) is 5.06. The summed E-state index contributed by atoms with van der Waals surface area (Å²) in [5.74, 6) is 0.173. The smallest absolute Gasteiger partial charge is 0.272 e. The number of amides is 1. The van der Waals surface area contributed by atoms with E-state index in [0.29, 0.717) is 42.9 Å². The molecule has 8 heteroatoms. The molecule has 30 heavy (non-hydrogen) atoms. The highest BCUT2D eigenvalue weighted by molar-refractivity contribution is 6.31. The minimum Gasteiger partial charge on any atom is -0.394 e. The Morgan fingerprint density at radius 3 is 2.90 bits per heavy atom. The minimum absolute atomic E-state index is 0.0590. The van der Waals surface area contributed by atoms with Crippen LogP contribution in [0, 0.1) is 5.82 Å². The number of carbonyl (C=O) groups excluding carboxylic acids is 1. The summed E-state index contributed by atoms with van der Waals surface area (Å²) in [5, 5.41) is 12.8. The Hall–Kier alpha value is -2.22. The van der Waals surface area contributed by atoms with E-state index in [-0.39, 0.29) is 23.6 Å². The third-order valence-corrected chi connectivity index (χ3v) is 6.73. The molecule has 1 aromatic heterocycles. The lowest BCUT2D eigenvalue weighted by molar-refractivity contribution is -0.0449. The Labute approximate surface area is 179 Å². The van der Waals surface area contributed by atoms with Crippen molar-refractivity contribution in [2.75, 3.05) is 31.6 Å². The van der Waals surface area contributed by atoms with Gasteiger partial charge < -0.3 is 20.1 Å². The lowest BCUT2D eigenvalue weighted by atomic mass is 9.89. The van der Waals surface area contributed by atoms with Crippen LogP contribution in [0.15, 0.2) is 24.4 Å².